The van der Waals surface area contributed by atoms with Gasteiger partial charge in [-0.1, -0.05) is 25.1 Å². The lowest BCUT2D eigenvalue weighted by molar-refractivity contribution is -0.146. The van der Waals surface area contributed by atoms with Crippen LogP contribution in [0.5, 0.6) is 0 Å². The Morgan fingerprint density at radius 2 is 1.91 bits per heavy atom. The third kappa shape index (κ3) is 3.52. The fourth-order valence-corrected chi connectivity index (χ4v) is 2.07. The highest BCUT2D eigenvalue weighted by molar-refractivity contribution is 5.93. The van der Waals surface area contributed by atoms with E-state index >= 15 is 0 Å². The van der Waals surface area contributed by atoms with Crippen molar-refractivity contribution < 1.29 is 14.3 Å². The molecule has 2 aromatic rings. The smallest absolute Gasteiger partial charge is 0.306 e. The molecular weight excluding hydrogens is 282 g/mol. The zero-order chi connectivity index (χ0) is 16.1. The van der Waals surface area contributed by atoms with Gasteiger partial charge in [0.25, 0.3) is 5.91 Å². The molecule has 1 amide bonds. The molecule has 2 rings (SSSR count). The Bertz CT molecular complexity index is 677. The number of carbonyl (C=O) groups excluding carboxylic acids is 2. The van der Waals surface area contributed by atoms with Gasteiger partial charge in [0.2, 0.25) is 0 Å². The maximum Gasteiger partial charge on any atom is 0.306 e. The number of ether oxygens (including phenoxy) is 1. The summed E-state index contributed by atoms with van der Waals surface area (Å²) in [6.45, 7) is 5.08. The van der Waals surface area contributed by atoms with Crippen molar-refractivity contribution in [3.05, 3.63) is 41.7 Å². The van der Waals surface area contributed by atoms with Gasteiger partial charge in [0.15, 0.2) is 6.61 Å². The molecule has 0 saturated heterocycles. The van der Waals surface area contributed by atoms with Crippen LogP contribution in [0.25, 0.3) is 5.69 Å². The minimum Gasteiger partial charge on any atom is -0.456 e. The van der Waals surface area contributed by atoms with E-state index in [4.69, 9.17) is 4.74 Å². The molecule has 6 nitrogen and oxygen atoms in total. The molecule has 0 saturated carbocycles. The van der Waals surface area contributed by atoms with Crippen molar-refractivity contribution in [2.24, 2.45) is 0 Å². The van der Waals surface area contributed by atoms with Crippen molar-refractivity contribution in [3.63, 3.8) is 0 Å². The Kier molecular flexibility index (Phi) is 4.93. The Labute approximate surface area is 129 Å². The molecule has 0 atom stereocenters. The quantitative estimate of drug-likeness (QED) is 0.861. The van der Waals surface area contributed by atoms with Crippen LogP contribution in [0.3, 0.4) is 0 Å². The minimum atomic E-state index is -0.399. The zero-order valence-corrected chi connectivity index (χ0v) is 12.9. The maximum absolute atomic E-state index is 11.9. The fraction of sp³-hybridized carbons (Fsp3) is 0.312. The number of aryl methyl sites for hydroxylation is 1. The molecular formula is C16H19N3O3. The fourth-order valence-electron chi connectivity index (χ4n) is 2.07. The monoisotopic (exact) mass is 301 g/mol. The first kappa shape index (κ1) is 15.8. The predicted molar refractivity (Wildman–Crippen MR) is 82.9 cm³/mol. The molecule has 6 heteroatoms. The van der Waals surface area contributed by atoms with Crippen molar-refractivity contribution >= 4 is 17.6 Å². The van der Waals surface area contributed by atoms with E-state index in [1.54, 1.807) is 11.6 Å². The summed E-state index contributed by atoms with van der Waals surface area (Å²) in [5.41, 5.74) is 3.08. The Balaban J connectivity index is 2.14. The van der Waals surface area contributed by atoms with Crippen molar-refractivity contribution in [1.82, 2.24) is 9.78 Å². The molecule has 0 unspecified atom stereocenters. The topological polar surface area (TPSA) is 73.2 Å². The van der Waals surface area contributed by atoms with Crippen LogP contribution in [0, 0.1) is 13.8 Å². The van der Waals surface area contributed by atoms with E-state index in [2.05, 4.69) is 10.4 Å². The molecule has 0 bridgehead atoms. The normalized spacial score (nSPS) is 10.3. The second-order valence-electron chi connectivity index (χ2n) is 4.86. The van der Waals surface area contributed by atoms with Gasteiger partial charge >= 0.3 is 5.97 Å². The van der Waals surface area contributed by atoms with E-state index < -0.39 is 5.97 Å². The predicted octanol–water partition coefficient (Wildman–Crippen LogP) is 2.38. The van der Waals surface area contributed by atoms with Crippen LogP contribution in [0.2, 0.25) is 0 Å². The number of esters is 1. The molecule has 0 aliphatic carbocycles. The summed E-state index contributed by atoms with van der Waals surface area (Å²) in [7, 11) is 0. The Morgan fingerprint density at radius 3 is 2.55 bits per heavy atom. The van der Waals surface area contributed by atoms with Crippen molar-refractivity contribution in [2.75, 3.05) is 11.9 Å². The average molecular weight is 301 g/mol. The van der Waals surface area contributed by atoms with Crippen LogP contribution in [-0.2, 0) is 14.3 Å². The summed E-state index contributed by atoms with van der Waals surface area (Å²) in [5.74, 6) is -0.774. The maximum atomic E-state index is 11.9. The number of nitrogens with zero attached hydrogens (tertiary/aromatic N) is 2. The van der Waals surface area contributed by atoms with E-state index in [0.29, 0.717) is 11.4 Å². The molecule has 1 aromatic heterocycles. The third-order valence-corrected chi connectivity index (χ3v) is 3.21. The minimum absolute atomic E-state index is 0.247. The molecule has 1 aromatic carbocycles. The van der Waals surface area contributed by atoms with Crippen LogP contribution < -0.4 is 5.32 Å². The molecule has 0 spiro atoms. The van der Waals surface area contributed by atoms with Gasteiger partial charge < -0.3 is 10.1 Å². The van der Waals surface area contributed by atoms with Crippen molar-refractivity contribution in [2.45, 2.75) is 27.2 Å². The van der Waals surface area contributed by atoms with Gasteiger partial charge in [-0.05, 0) is 26.0 Å². The Morgan fingerprint density at radius 1 is 1.23 bits per heavy atom. The SMILES string of the molecule is CCC(=O)OCC(=O)Nc1c(C)nn(-c2ccccc2)c1C. The molecule has 1 N–H and O–H groups in total. The molecule has 0 fully saturated rings. The largest absolute Gasteiger partial charge is 0.456 e. The first-order valence-corrected chi connectivity index (χ1v) is 7.10. The van der Waals surface area contributed by atoms with E-state index in [1.165, 1.54) is 0 Å². The van der Waals surface area contributed by atoms with E-state index in [0.717, 1.165) is 11.4 Å². The second kappa shape index (κ2) is 6.89. The number of amides is 1. The van der Waals surface area contributed by atoms with Crippen LogP contribution in [0.4, 0.5) is 5.69 Å². The number of carbonyl (C=O) groups is 2. The van der Waals surface area contributed by atoms with Gasteiger partial charge in [-0.25, -0.2) is 4.68 Å². The van der Waals surface area contributed by atoms with E-state index in [9.17, 15) is 9.59 Å². The van der Waals surface area contributed by atoms with Gasteiger partial charge in [-0.15, -0.1) is 0 Å². The molecule has 22 heavy (non-hydrogen) atoms. The number of rotatable bonds is 5. The standard InChI is InChI=1S/C16H19N3O3/c1-4-15(21)22-10-14(20)17-16-11(2)18-19(12(16)3)13-8-6-5-7-9-13/h5-9H,4,10H2,1-3H3,(H,17,20). The van der Waals surface area contributed by atoms with E-state index in [1.807, 2.05) is 44.2 Å². The van der Waals surface area contributed by atoms with Crippen LogP contribution in [0.1, 0.15) is 24.7 Å². The number of anilines is 1. The highest BCUT2D eigenvalue weighted by atomic mass is 16.5. The van der Waals surface area contributed by atoms with Crippen LogP contribution in [0.15, 0.2) is 30.3 Å². The zero-order valence-electron chi connectivity index (χ0n) is 12.9. The number of aromatic nitrogens is 2. The van der Waals surface area contributed by atoms with E-state index in [-0.39, 0.29) is 18.9 Å². The lowest BCUT2D eigenvalue weighted by Crippen LogP contribution is -2.21. The van der Waals surface area contributed by atoms with Crippen LogP contribution in [-0.4, -0.2) is 28.3 Å². The van der Waals surface area contributed by atoms with Crippen molar-refractivity contribution in [1.29, 1.82) is 0 Å². The molecule has 0 aliphatic rings. The van der Waals surface area contributed by atoms with Gasteiger partial charge in [0.1, 0.15) is 0 Å². The lowest BCUT2D eigenvalue weighted by Gasteiger charge is -2.07. The number of hydrogen-bond acceptors (Lipinski definition) is 4. The highest BCUT2D eigenvalue weighted by Gasteiger charge is 2.15. The summed E-state index contributed by atoms with van der Waals surface area (Å²) < 4.78 is 6.59. The average Bonchev–Trinajstić information content (AvgIpc) is 2.81. The molecule has 0 radical (unpaired) electrons. The highest BCUT2D eigenvalue weighted by Crippen LogP contribution is 2.22. The van der Waals surface area contributed by atoms with Gasteiger partial charge in [-0.2, -0.15) is 5.10 Å². The molecule has 0 aliphatic heterocycles. The summed E-state index contributed by atoms with van der Waals surface area (Å²) >= 11 is 0. The van der Waals surface area contributed by atoms with Gasteiger partial charge in [0, 0.05) is 6.42 Å². The molecule has 1 heterocycles. The first-order valence-electron chi connectivity index (χ1n) is 7.10. The number of benzene rings is 1. The molecule has 116 valence electrons. The first-order chi connectivity index (χ1) is 10.5. The summed E-state index contributed by atoms with van der Waals surface area (Å²) in [5, 5.41) is 7.19. The van der Waals surface area contributed by atoms with Crippen LogP contribution >= 0.6 is 0 Å². The lowest BCUT2D eigenvalue weighted by atomic mass is 10.3. The number of hydrogen-bond donors (Lipinski definition) is 1. The summed E-state index contributed by atoms with van der Waals surface area (Å²) in [4.78, 5) is 22.9. The number of para-hydroxylation sites is 1. The second-order valence-corrected chi connectivity index (χ2v) is 4.86. The van der Waals surface area contributed by atoms with Gasteiger partial charge in [-0.3, -0.25) is 9.59 Å². The number of nitrogens with one attached hydrogen (secondary N) is 1. The van der Waals surface area contributed by atoms with Crippen molar-refractivity contribution in [3.8, 4) is 5.69 Å². The van der Waals surface area contributed by atoms with Gasteiger partial charge in [0.05, 0.1) is 22.8 Å². The summed E-state index contributed by atoms with van der Waals surface area (Å²) in [6.07, 6.45) is 0.247. The Hall–Kier alpha value is -2.63. The third-order valence-electron chi connectivity index (χ3n) is 3.21. The summed E-state index contributed by atoms with van der Waals surface area (Å²) in [6, 6.07) is 9.66.